The van der Waals surface area contributed by atoms with E-state index in [1.165, 1.54) is 4.90 Å². The summed E-state index contributed by atoms with van der Waals surface area (Å²) in [5.74, 6) is 0.481. The monoisotopic (exact) mass is 388 g/mol. The Hall–Kier alpha value is -1.57. The van der Waals surface area contributed by atoms with Gasteiger partial charge in [-0.25, -0.2) is 8.42 Å². The number of amides is 1. The second-order valence-electron chi connectivity index (χ2n) is 6.07. The lowest BCUT2D eigenvalue weighted by molar-refractivity contribution is -0.131. The van der Waals surface area contributed by atoms with E-state index in [4.69, 9.17) is 10.2 Å². The molecule has 0 fully saturated rings. The average Bonchev–Trinajstić information content (AvgIpc) is 2.89. The highest BCUT2D eigenvalue weighted by Crippen LogP contribution is 2.27. The number of benzene rings is 1. The standard InChI is InChI=1S/C17H24N2O4S.ClH/c1-4-15-13(12-7-5-6-8-16(12)23-15)11-19(2)17(20)14(18)9-10-24(3,21)22;/h5-8,14H,4,9-11,18H2,1-3H3;1H. The quantitative estimate of drug-likeness (QED) is 0.784. The van der Waals surface area contributed by atoms with E-state index in [0.29, 0.717) is 6.54 Å². The summed E-state index contributed by atoms with van der Waals surface area (Å²) in [7, 11) is -1.46. The summed E-state index contributed by atoms with van der Waals surface area (Å²) in [5, 5.41) is 0.985. The van der Waals surface area contributed by atoms with Gasteiger partial charge in [0.05, 0.1) is 11.8 Å². The van der Waals surface area contributed by atoms with Crippen LogP contribution in [0.15, 0.2) is 28.7 Å². The number of hydrogen-bond acceptors (Lipinski definition) is 5. The van der Waals surface area contributed by atoms with E-state index in [1.54, 1.807) is 7.05 Å². The SMILES string of the molecule is CCc1oc2ccccc2c1CN(C)C(=O)C(N)CCS(C)(=O)=O.Cl. The van der Waals surface area contributed by atoms with Crippen LogP contribution in [0.3, 0.4) is 0 Å². The number of para-hydroxylation sites is 1. The van der Waals surface area contributed by atoms with Gasteiger partial charge in [0.15, 0.2) is 0 Å². The van der Waals surface area contributed by atoms with E-state index in [1.807, 2.05) is 31.2 Å². The van der Waals surface area contributed by atoms with Crippen molar-refractivity contribution in [2.45, 2.75) is 32.4 Å². The number of furan rings is 1. The third-order valence-corrected chi connectivity index (χ3v) is 4.97. The second-order valence-corrected chi connectivity index (χ2v) is 8.33. The number of aryl methyl sites for hydroxylation is 1. The van der Waals surface area contributed by atoms with Gasteiger partial charge in [-0.1, -0.05) is 25.1 Å². The zero-order valence-corrected chi connectivity index (χ0v) is 16.3. The van der Waals surface area contributed by atoms with Gasteiger partial charge in [-0.15, -0.1) is 12.4 Å². The summed E-state index contributed by atoms with van der Waals surface area (Å²) in [6.07, 6.45) is 1.99. The van der Waals surface area contributed by atoms with Gasteiger partial charge >= 0.3 is 0 Å². The number of halogens is 1. The molecule has 1 heterocycles. The first-order valence-corrected chi connectivity index (χ1v) is 9.96. The lowest BCUT2D eigenvalue weighted by Gasteiger charge is -2.21. The van der Waals surface area contributed by atoms with Crippen molar-refractivity contribution in [1.82, 2.24) is 4.90 Å². The topological polar surface area (TPSA) is 93.6 Å². The summed E-state index contributed by atoms with van der Waals surface area (Å²) >= 11 is 0. The van der Waals surface area contributed by atoms with Gasteiger partial charge in [0, 0.05) is 37.2 Å². The van der Waals surface area contributed by atoms with Crippen molar-refractivity contribution in [3.8, 4) is 0 Å². The first kappa shape index (κ1) is 21.5. The molecule has 1 aromatic heterocycles. The molecular formula is C17H25ClN2O4S. The molecule has 0 aliphatic heterocycles. The van der Waals surface area contributed by atoms with E-state index in [-0.39, 0.29) is 30.5 Å². The lowest BCUT2D eigenvalue weighted by atomic mass is 10.1. The molecule has 0 saturated carbocycles. The summed E-state index contributed by atoms with van der Waals surface area (Å²) in [4.78, 5) is 13.9. The number of hydrogen-bond donors (Lipinski definition) is 1. The normalized spacial score (nSPS) is 12.6. The first-order valence-electron chi connectivity index (χ1n) is 7.90. The van der Waals surface area contributed by atoms with Crippen LogP contribution in [0.1, 0.15) is 24.7 Å². The highest BCUT2D eigenvalue weighted by atomic mass is 35.5. The number of nitrogens with two attached hydrogens (primary N) is 1. The number of fused-ring (bicyclic) bond motifs is 1. The van der Waals surface area contributed by atoms with Gasteiger partial charge < -0.3 is 15.1 Å². The van der Waals surface area contributed by atoms with Crippen LogP contribution in [0.2, 0.25) is 0 Å². The van der Waals surface area contributed by atoms with Crippen LogP contribution in [0, 0.1) is 0 Å². The van der Waals surface area contributed by atoms with Gasteiger partial charge in [-0.3, -0.25) is 4.79 Å². The predicted molar refractivity (Wildman–Crippen MR) is 102 cm³/mol. The number of carbonyl (C=O) groups excluding carboxylic acids is 1. The average molecular weight is 389 g/mol. The molecule has 0 spiro atoms. The molecule has 8 heteroatoms. The van der Waals surface area contributed by atoms with Gasteiger partial charge in [-0.2, -0.15) is 0 Å². The minimum Gasteiger partial charge on any atom is -0.461 e. The van der Waals surface area contributed by atoms with Crippen molar-refractivity contribution in [1.29, 1.82) is 0 Å². The van der Waals surface area contributed by atoms with Crippen molar-refractivity contribution in [3.05, 3.63) is 35.6 Å². The Balaban J connectivity index is 0.00000312. The fraction of sp³-hybridized carbons (Fsp3) is 0.471. The highest BCUT2D eigenvalue weighted by molar-refractivity contribution is 7.90. The summed E-state index contributed by atoms with van der Waals surface area (Å²) in [6.45, 7) is 2.38. The Morgan fingerprint density at radius 1 is 1.32 bits per heavy atom. The fourth-order valence-electron chi connectivity index (χ4n) is 2.67. The molecule has 140 valence electrons. The zero-order chi connectivity index (χ0) is 17.9. The lowest BCUT2D eigenvalue weighted by Crippen LogP contribution is -2.42. The van der Waals surface area contributed by atoms with Crippen molar-refractivity contribution in [2.24, 2.45) is 5.73 Å². The predicted octanol–water partition coefficient (Wildman–Crippen LogP) is 2.14. The van der Waals surface area contributed by atoms with Crippen LogP contribution in [-0.4, -0.2) is 44.3 Å². The molecule has 25 heavy (non-hydrogen) atoms. The first-order chi connectivity index (χ1) is 11.2. The number of nitrogens with zero attached hydrogens (tertiary/aromatic N) is 1. The van der Waals surface area contributed by atoms with Crippen molar-refractivity contribution >= 4 is 39.1 Å². The van der Waals surface area contributed by atoms with Crippen LogP contribution in [0.4, 0.5) is 0 Å². The summed E-state index contributed by atoms with van der Waals surface area (Å²) < 4.78 is 28.3. The highest BCUT2D eigenvalue weighted by Gasteiger charge is 2.22. The number of likely N-dealkylation sites (N-methyl/N-ethyl adjacent to an activating group) is 1. The minimum absolute atomic E-state index is 0. The minimum atomic E-state index is -3.13. The summed E-state index contributed by atoms with van der Waals surface area (Å²) in [5.41, 5.74) is 7.63. The fourth-order valence-corrected chi connectivity index (χ4v) is 3.35. The van der Waals surface area contributed by atoms with Crippen LogP contribution in [0.25, 0.3) is 11.0 Å². The molecule has 1 atom stereocenters. The van der Waals surface area contributed by atoms with Crippen LogP contribution in [-0.2, 0) is 27.6 Å². The molecule has 0 aliphatic carbocycles. The molecule has 2 N–H and O–H groups in total. The van der Waals surface area contributed by atoms with E-state index < -0.39 is 15.9 Å². The zero-order valence-electron chi connectivity index (χ0n) is 14.7. The molecule has 2 aromatic rings. The molecule has 1 unspecified atom stereocenters. The molecule has 0 aliphatic rings. The Labute approximate surface area is 154 Å². The van der Waals surface area contributed by atoms with Crippen molar-refractivity contribution in [2.75, 3.05) is 19.1 Å². The van der Waals surface area contributed by atoms with E-state index in [9.17, 15) is 13.2 Å². The molecule has 6 nitrogen and oxygen atoms in total. The Bertz CT molecular complexity index is 832. The molecule has 0 radical (unpaired) electrons. The summed E-state index contributed by atoms with van der Waals surface area (Å²) in [6, 6.07) is 6.88. The van der Waals surface area contributed by atoms with Gasteiger partial charge in [0.1, 0.15) is 21.2 Å². The third kappa shape index (κ3) is 5.45. The number of rotatable bonds is 7. The second kappa shape index (κ2) is 8.69. The maximum Gasteiger partial charge on any atom is 0.239 e. The van der Waals surface area contributed by atoms with Gasteiger partial charge in [-0.05, 0) is 12.5 Å². The number of sulfone groups is 1. The van der Waals surface area contributed by atoms with Gasteiger partial charge in [0.25, 0.3) is 0 Å². The molecular weight excluding hydrogens is 364 g/mol. The Morgan fingerprint density at radius 2 is 1.96 bits per heavy atom. The largest absolute Gasteiger partial charge is 0.461 e. The van der Waals surface area contributed by atoms with Crippen LogP contribution < -0.4 is 5.73 Å². The van der Waals surface area contributed by atoms with Crippen LogP contribution in [0.5, 0.6) is 0 Å². The van der Waals surface area contributed by atoms with E-state index in [2.05, 4.69) is 0 Å². The molecule has 1 aromatic carbocycles. The smallest absolute Gasteiger partial charge is 0.239 e. The Morgan fingerprint density at radius 3 is 2.56 bits per heavy atom. The molecule has 2 rings (SSSR count). The third-order valence-electron chi connectivity index (χ3n) is 3.99. The molecule has 0 saturated heterocycles. The molecule has 0 bridgehead atoms. The van der Waals surface area contributed by atoms with Crippen LogP contribution >= 0.6 is 12.4 Å². The van der Waals surface area contributed by atoms with Crippen molar-refractivity contribution < 1.29 is 17.6 Å². The van der Waals surface area contributed by atoms with Gasteiger partial charge in [0.2, 0.25) is 5.91 Å². The maximum atomic E-state index is 12.4. The number of carbonyl (C=O) groups is 1. The van der Waals surface area contributed by atoms with E-state index in [0.717, 1.165) is 35.0 Å². The van der Waals surface area contributed by atoms with Crippen molar-refractivity contribution in [3.63, 3.8) is 0 Å². The maximum absolute atomic E-state index is 12.4. The van der Waals surface area contributed by atoms with E-state index >= 15 is 0 Å². The Kier molecular flexibility index (Phi) is 7.46. The molecule has 1 amide bonds.